The molecule has 10 heteroatoms. The number of benzene rings is 1. The number of amides is 2. The highest BCUT2D eigenvalue weighted by Gasteiger charge is 2.24. The van der Waals surface area contributed by atoms with E-state index in [1.165, 1.54) is 22.7 Å². The van der Waals surface area contributed by atoms with E-state index in [0.717, 1.165) is 12.0 Å². The molecule has 0 bridgehead atoms. The second-order valence-corrected chi connectivity index (χ2v) is 8.70. The molecule has 0 radical (unpaired) electrons. The highest BCUT2D eigenvalue weighted by atomic mass is 35.5. The van der Waals surface area contributed by atoms with Gasteiger partial charge in [0.05, 0.1) is 22.8 Å². The van der Waals surface area contributed by atoms with E-state index in [1.54, 1.807) is 28.5 Å². The van der Waals surface area contributed by atoms with Gasteiger partial charge >= 0.3 is 0 Å². The fourth-order valence-electron chi connectivity index (χ4n) is 2.83. The standard InChI is InChI=1S/C18H14Cl2N4O2S2/c19-10-3-4-12(13(20)6-10)14-9-27-17(22-14)23-15(25)7-11-8-28-18(21-11)24-5-1-2-16(24)26/h3-4,6,8-9H,1-2,5,7H2,(H,22,23,25). The number of hydrogen-bond donors (Lipinski definition) is 1. The molecule has 0 saturated carbocycles. The van der Waals surface area contributed by atoms with E-state index in [2.05, 4.69) is 15.3 Å². The average Bonchev–Trinajstić information content (AvgIpc) is 3.36. The Labute approximate surface area is 179 Å². The first-order valence-corrected chi connectivity index (χ1v) is 11.0. The Morgan fingerprint density at radius 1 is 1.21 bits per heavy atom. The summed E-state index contributed by atoms with van der Waals surface area (Å²) in [5.74, 6) is -0.130. The number of rotatable bonds is 5. The number of carbonyl (C=O) groups is 2. The van der Waals surface area contributed by atoms with E-state index in [0.29, 0.717) is 44.7 Å². The molecular weight excluding hydrogens is 439 g/mol. The number of hydrogen-bond acceptors (Lipinski definition) is 6. The van der Waals surface area contributed by atoms with Gasteiger partial charge in [0, 0.05) is 34.3 Å². The zero-order chi connectivity index (χ0) is 19.7. The fraction of sp³-hybridized carbons (Fsp3) is 0.222. The van der Waals surface area contributed by atoms with E-state index in [1.807, 2.05) is 5.38 Å². The Kier molecular flexibility index (Phi) is 5.63. The van der Waals surface area contributed by atoms with Gasteiger partial charge in [0.25, 0.3) is 0 Å². The summed E-state index contributed by atoms with van der Waals surface area (Å²) in [6.45, 7) is 0.688. The third kappa shape index (κ3) is 4.20. The van der Waals surface area contributed by atoms with Gasteiger partial charge < -0.3 is 5.32 Å². The molecule has 0 spiro atoms. The summed E-state index contributed by atoms with van der Waals surface area (Å²) in [6.07, 6.45) is 1.52. The van der Waals surface area contributed by atoms with Gasteiger partial charge in [-0.25, -0.2) is 9.97 Å². The zero-order valence-electron chi connectivity index (χ0n) is 14.4. The van der Waals surface area contributed by atoms with Gasteiger partial charge in [0.2, 0.25) is 11.8 Å². The molecule has 6 nitrogen and oxygen atoms in total. The van der Waals surface area contributed by atoms with E-state index in [4.69, 9.17) is 23.2 Å². The molecule has 0 unspecified atom stereocenters. The van der Waals surface area contributed by atoms with Crippen molar-refractivity contribution < 1.29 is 9.59 Å². The van der Waals surface area contributed by atoms with Gasteiger partial charge in [-0.2, -0.15) is 0 Å². The van der Waals surface area contributed by atoms with Gasteiger partial charge in [0.15, 0.2) is 10.3 Å². The van der Waals surface area contributed by atoms with Crippen LogP contribution in [0, 0.1) is 0 Å². The van der Waals surface area contributed by atoms with Crippen LogP contribution in [-0.4, -0.2) is 28.3 Å². The number of nitrogens with one attached hydrogen (secondary N) is 1. The van der Waals surface area contributed by atoms with Crippen molar-refractivity contribution in [2.24, 2.45) is 0 Å². The third-order valence-electron chi connectivity index (χ3n) is 4.14. The van der Waals surface area contributed by atoms with E-state index in [9.17, 15) is 9.59 Å². The summed E-state index contributed by atoms with van der Waals surface area (Å²) in [7, 11) is 0. The van der Waals surface area contributed by atoms with Crippen molar-refractivity contribution in [1.82, 2.24) is 9.97 Å². The first kappa shape index (κ1) is 19.3. The van der Waals surface area contributed by atoms with Crippen molar-refractivity contribution in [1.29, 1.82) is 0 Å². The number of aromatic nitrogens is 2. The highest BCUT2D eigenvalue weighted by molar-refractivity contribution is 7.14. The first-order chi connectivity index (χ1) is 13.5. The SMILES string of the molecule is O=C(Cc1csc(N2CCCC2=O)n1)Nc1nc(-c2ccc(Cl)cc2Cl)cs1. The van der Waals surface area contributed by atoms with Gasteiger partial charge in [-0.3, -0.25) is 14.5 Å². The summed E-state index contributed by atoms with van der Waals surface area (Å²) in [4.78, 5) is 34.6. The lowest BCUT2D eigenvalue weighted by molar-refractivity contribution is -0.117. The molecule has 0 aliphatic carbocycles. The Hall–Kier alpha value is -2.00. The molecule has 1 aliphatic heterocycles. The molecule has 3 heterocycles. The molecule has 1 aromatic carbocycles. The van der Waals surface area contributed by atoms with Crippen LogP contribution < -0.4 is 10.2 Å². The molecule has 1 aliphatic rings. The van der Waals surface area contributed by atoms with Crippen molar-refractivity contribution in [2.45, 2.75) is 19.3 Å². The first-order valence-electron chi connectivity index (χ1n) is 8.45. The van der Waals surface area contributed by atoms with Gasteiger partial charge in [-0.15, -0.1) is 22.7 Å². The summed E-state index contributed by atoms with van der Waals surface area (Å²) in [5.41, 5.74) is 2.06. The summed E-state index contributed by atoms with van der Waals surface area (Å²) >= 11 is 14.8. The molecule has 144 valence electrons. The normalized spacial score (nSPS) is 13.9. The molecule has 1 fully saturated rings. The van der Waals surface area contributed by atoms with E-state index < -0.39 is 0 Å². The second kappa shape index (κ2) is 8.16. The molecule has 0 atom stereocenters. The van der Waals surface area contributed by atoms with Crippen molar-refractivity contribution in [3.8, 4) is 11.3 Å². The lowest BCUT2D eigenvalue weighted by Gasteiger charge is -2.10. The Balaban J connectivity index is 1.40. The largest absolute Gasteiger partial charge is 0.302 e. The predicted octanol–water partition coefficient (Wildman–Crippen LogP) is 4.88. The van der Waals surface area contributed by atoms with Crippen LogP contribution in [0.5, 0.6) is 0 Å². The smallest absolute Gasteiger partial charge is 0.232 e. The predicted molar refractivity (Wildman–Crippen MR) is 114 cm³/mol. The lowest BCUT2D eigenvalue weighted by Crippen LogP contribution is -2.23. The monoisotopic (exact) mass is 452 g/mol. The maximum Gasteiger partial charge on any atom is 0.232 e. The minimum atomic E-state index is -0.215. The van der Waals surface area contributed by atoms with Crippen LogP contribution in [0.2, 0.25) is 10.0 Å². The van der Waals surface area contributed by atoms with Crippen LogP contribution in [-0.2, 0) is 16.0 Å². The molecule has 28 heavy (non-hydrogen) atoms. The van der Waals surface area contributed by atoms with Crippen LogP contribution >= 0.6 is 45.9 Å². The van der Waals surface area contributed by atoms with Crippen molar-refractivity contribution in [3.05, 3.63) is 44.7 Å². The molecule has 1 N–H and O–H groups in total. The molecule has 2 aromatic heterocycles. The van der Waals surface area contributed by atoms with E-state index >= 15 is 0 Å². The van der Waals surface area contributed by atoms with Gasteiger partial charge in [-0.05, 0) is 24.6 Å². The number of halogens is 2. The zero-order valence-corrected chi connectivity index (χ0v) is 17.6. The topological polar surface area (TPSA) is 75.2 Å². The Bertz CT molecular complexity index is 1050. The number of carbonyl (C=O) groups excluding carboxylic acids is 2. The number of thiazole rings is 2. The van der Waals surface area contributed by atoms with Crippen LogP contribution in [0.4, 0.5) is 10.3 Å². The Morgan fingerprint density at radius 3 is 2.82 bits per heavy atom. The second-order valence-electron chi connectivity index (χ2n) is 6.16. The summed E-state index contributed by atoms with van der Waals surface area (Å²) in [6, 6.07) is 5.19. The molecule has 1 saturated heterocycles. The molecule has 2 amide bonds. The van der Waals surface area contributed by atoms with Crippen LogP contribution in [0.1, 0.15) is 18.5 Å². The quantitative estimate of drug-likeness (QED) is 0.598. The lowest BCUT2D eigenvalue weighted by atomic mass is 10.2. The summed E-state index contributed by atoms with van der Waals surface area (Å²) in [5, 5.41) is 8.60. The minimum absolute atomic E-state index is 0.0847. The molecule has 3 aromatic rings. The Morgan fingerprint density at radius 2 is 2.07 bits per heavy atom. The fourth-order valence-corrected chi connectivity index (χ4v) is 4.93. The van der Waals surface area contributed by atoms with Crippen molar-refractivity contribution >= 4 is 68.0 Å². The number of anilines is 2. The van der Waals surface area contributed by atoms with Crippen molar-refractivity contribution in [3.63, 3.8) is 0 Å². The van der Waals surface area contributed by atoms with Crippen LogP contribution in [0.25, 0.3) is 11.3 Å². The minimum Gasteiger partial charge on any atom is -0.302 e. The van der Waals surface area contributed by atoms with Gasteiger partial charge in [-0.1, -0.05) is 23.2 Å². The van der Waals surface area contributed by atoms with Crippen molar-refractivity contribution in [2.75, 3.05) is 16.8 Å². The van der Waals surface area contributed by atoms with Gasteiger partial charge in [0.1, 0.15) is 0 Å². The van der Waals surface area contributed by atoms with Crippen LogP contribution in [0.15, 0.2) is 29.0 Å². The van der Waals surface area contributed by atoms with E-state index in [-0.39, 0.29) is 18.2 Å². The highest BCUT2D eigenvalue weighted by Crippen LogP contribution is 2.32. The average molecular weight is 453 g/mol. The number of nitrogens with zero attached hydrogens (tertiary/aromatic N) is 3. The van der Waals surface area contributed by atoms with Crippen LogP contribution in [0.3, 0.4) is 0 Å². The summed E-state index contributed by atoms with van der Waals surface area (Å²) < 4.78 is 0. The molecule has 4 rings (SSSR count). The maximum absolute atomic E-state index is 12.3. The third-order valence-corrected chi connectivity index (χ3v) is 6.36. The molecular formula is C18H14Cl2N4O2S2. The maximum atomic E-state index is 12.3.